The molecule has 1 saturated heterocycles. The molecule has 7 heteroatoms. The van der Waals surface area contributed by atoms with E-state index in [0.29, 0.717) is 32.7 Å². The van der Waals surface area contributed by atoms with Gasteiger partial charge in [-0.25, -0.2) is 4.79 Å². The number of ether oxygens (including phenoxy) is 2. The number of hydrogen-bond donors (Lipinski definition) is 0. The predicted octanol–water partition coefficient (Wildman–Crippen LogP) is 3.46. The lowest BCUT2D eigenvalue weighted by Gasteiger charge is -2.37. The molecular formula is C26H33N3O4. The Balaban J connectivity index is 1.29. The number of fused-ring (bicyclic) bond motifs is 1. The van der Waals surface area contributed by atoms with Crippen LogP contribution in [0.1, 0.15) is 30.0 Å². The van der Waals surface area contributed by atoms with E-state index in [4.69, 9.17) is 9.47 Å². The van der Waals surface area contributed by atoms with Gasteiger partial charge in [0.05, 0.1) is 13.0 Å². The number of amides is 1. The zero-order valence-electron chi connectivity index (χ0n) is 19.4. The van der Waals surface area contributed by atoms with E-state index in [1.807, 2.05) is 37.3 Å². The maximum atomic E-state index is 12.6. The lowest BCUT2D eigenvalue weighted by molar-refractivity contribution is -0.143. The lowest BCUT2D eigenvalue weighted by atomic mass is 9.99. The Kier molecular flexibility index (Phi) is 7.83. The number of anilines is 1. The molecule has 0 aromatic heterocycles. The predicted molar refractivity (Wildman–Crippen MR) is 127 cm³/mol. The highest BCUT2D eigenvalue weighted by Crippen LogP contribution is 2.26. The molecule has 0 bridgehead atoms. The minimum atomic E-state index is -0.259. The quantitative estimate of drug-likeness (QED) is 0.601. The maximum absolute atomic E-state index is 12.6. The lowest BCUT2D eigenvalue weighted by Crippen LogP contribution is -2.47. The fourth-order valence-electron chi connectivity index (χ4n) is 4.42. The van der Waals surface area contributed by atoms with Crippen LogP contribution in [-0.4, -0.2) is 67.7 Å². The Labute approximate surface area is 195 Å². The number of esters is 1. The number of carbonyl (C=O) groups excluding carboxylic acids is 2. The van der Waals surface area contributed by atoms with E-state index in [9.17, 15) is 9.59 Å². The number of rotatable bonds is 7. The SMILES string of the molecule is CCOC(=O)CCN1CCN(c2ccc3c(c2)CN(C(=O)OCc2ccccc2)CC3)CC1. The van der Waals surface area contributed by atoms with Crippen molar-refractivity contribution >= 4 is 17.7 Å². The minimum absolute atomic E-state index is 0.124. The van der Waals surface area contributed by atoms with Crippen LogP contribution in [0.2, 0.25) is 0 Å². The molecule has 2 aromatic carbocycles. The molecule has 2 aromatic rings. The van der Waals surface area contributed by atoms with E-state index in [1.54, 1.807) is 4.90 Å². The number of nitrogens with zero attached hydrogens (tertiary/aromatic N) is 3. The van der Waals surface area contributed by atoms with Gasteiger partial charge < -0.3 is 19.3 Å². The summed E-state index contributed by atoms with van der Waals surface area (Å²) in [5.41, 5.74) is 4.68. The highest BCUT2D eigenvalue weighted by atomic mass is 16.6. The Hall–Kier alpha value is -3.06. The number of piperazine rings is 1. The van der Waals surface area contributed by atoms with Crippen molar-refractivity contribution in [2.24, 2.45) is 0 Å². The van der Waals surface area contributed by atoms with Gasteiger partial charge in [-0.2, -0.15) is 0 Å². The van der Waals surface area contributed by atoms with Gasteiger partial charge in [-0.3, -0.25) is 9.69 Å². The first kappa shape index (κ1) is 23.1. The van der Waals surface area contributed by atoms with E-state index >= 15 is 0 Å². The van der Waals surface area contributed by atoms with Crippen molar-refractivity contribution in [1.29, 1.82) is 0 Å². The van der Waals surface area contributed by atoms with Crippen molar-refractivity contribution in [1.82, 2.24) is 9.80 Å². The number of hydrogen-bond acceptors (Lipinski definition) is 6. The highest BCUT2D eigenvalue weighted by molar-refractivity contribution is 5.69. The van der Waals surface area contributed by atoms with Crippen LogP contribution in [-0.2, 0) is 33.8 Å². The van der Waals surface area contributed by atoms with Crippen molar-refractivity contribution in [3.8, 4) is 0 Å². The first-order chi connectivity index (χ1) is 16.1. The molecule has 0 aliphatic carbocycles. The van der Waals surface area contributed by atoms with Crippen molar-refractivity contribution in [3.63, 3.8) is 0 Å². The highest BCUT2D eigenvalue weighted by Gasteiger charge is 2.24. The molecule has 7 nitrogen and oxygen atoms in total. The minimum Gasteiger partial charge on any atom is -0.466 e. The van der Waals surface area contributed by atoms with Gasteiger partial charge in [0.2, 0.25) is 0 Å². The molecule has 0 spiro atoms. The van der Waals surface area contributed by atoms with Crippen molar-refractivity contribution < 1.29 is 19.1 Å². The molecule has 2 aliphatic rings. The fourth-order valence-corrected chi connectivity index (χ4v) is 4.42. The van der Waals surface area contributed by atoms with E-state index < -0.39 is 0 Å². The average Bonchev–Trinajstić information content (AvgIpc) is 2.86. The van der Waals surface area contributed by atoms with Crippen LogP contribution in [0.3, 0.4) is 0 Å². The van der Waals surface area contributed by atoms with E-state index in [0.717, 1.165) is 44.7 Å². The third-order valence-corrected chi connectivity index (χ3v) is 6.34. The molecule has 0 atom stereocenters. The molecule has 2 aliphatic heterocycles. The molecule has 0 radical (unpaired) electrons. The monoisotopic (exact) mass is 451 g/mol. The standard InChI is InChI=1S/C26H33N3O4/c1-2-32-25(30)11-12-27-14-16-28(17-15-27)24-9-8-22-10-13-29(19-23(22)18-24)26(31)33-20-21-6-4-3-5-7-21/h3-9,18H,2,10-17,19-20H2,1H3. The summed E-state index contributed by atoms with van der Waals surface area (Å²) in [5.74, 6) is -0.124. The number of carbonyl (C=O) groups is 2. The summed E-state index contributed by atoms with van der Waals surface area (Å²) in [5, 5.41) is 0. The van der Waals surface area contributed by atoms with Gasteiger partial charge in [-0.1, -0.05) is 36.4 Å². The molecule has 0 unspecified atom stereocenters. The molecule has 4 rings (SSSR count). The van der Waals surface area contributed by atoms with Crippen LogP contribution in [0, 0.1) is 0 Å². The van der Waals surface area contributed by atoms with Crippen molar-refractivity contribution in [2.75, 3.05) is 50.8 Å². The van der Waals surface area contributed by atoms with E-state index in [1.165, 1.54) is 16.8 Å². The van der Waals surface area contributed by atoms with Gasteiger partial charge in [0.25, 0.3) is 0 Å². The first-order valence-corrected chi connectivity index (χ1v) is 11.8. The third-order valence-electron chi connectivity index (χ3n) is 6.34. The van der Waals surface area contributed by atoms with Crippen molar-refractivity contribution in [2.45, 2.75) is 32.9 Å². The Morgan fingerprint density at radius 3 is 2.45 bits per heavy atom. The molecule has 33 heavy (non-hydrogen) atoms. The van der Waals surface area contributed by atoms with Gasteiger partial charge >= 0.3 is 12.1 Å². The molecule has 0 N–H and O–H groups in total. The molecule has 0 saturated carbocycles. The van der Waals surface area contributed by atoms with Gasteiger partial charge in [0, 0.05) is 51.5 Å². The zero-order chi connectivity index (χ0) is 23.0. The van der Waals surface area contributed by atoms with Gasteiger partial charge in [-0.05, 0) is 42.2 Å². The van der Waals surface area contributed by atoms with Crippen LogP contribution >= 0.6 is 0 Å². The van der Waals surface area contributed by atoms with Crippen LogP contribution in [0.25, 0.3) is 0 Å². The Morgan fingerprint density at radius 2 is 1.70 bits per heavy atom. The maximum Gasteiger partial charge on any atom is 0.410 e. The largest absolute Gasteiger partial charge is 0.466 e. The van der Waals surface area contributed by atoms with Crippen LogP contribution in [0.15, 0.2) is 48.5 Å². The second kappa shape index (κ2) is 11.2. The zero-order valence-corrected chi connectivity index (χ0v) is 19.4. The Bertz CT molecular complexity index is 942. The molecular weight excluding hydrogens is 418 g/mol. The molecule has 2 heterocycles. The summed E-state index contributed by atoms with van der Waals surface area (Å²) in [6.07, 6.45) is 1.03. The van der Waals surface area contributed by atoms with Crippen LogP contribution in [0.5, 0.6) is 0 Å². The second-order valence-corrected chi connectivity index (χ2v) is 8.55. The fraction of sp³-hybridized carbons (Fsp3) is 0.462. The van der Waals surface area contributed by atoms with Crippen LogP contribution < -0.4 is 4.90 Å². The summed E-state index contributed by atoms with van der Waals surface area (Å²) in [7, 11) is 0. The average molecular weight is 452 g/mol. The van der Waals surface area contributed by atoms with Gasteiger partial charge in [0.1, 0.15) is 6.61 Å². The molecule has 1 amide bonds. The van der Waals surface area contributed by atoms with Gasteiger partial charge in [-0.15, -0.1) is 0 Å². The normalized spacial score (nSPS) is 16.3. The van der Waals surface area contributed by atoms with Crippen LogP contribution in [0.4, 0.5) is 10.5 Å². The molecule has 1 fully saturated rings. The topological polar surface area (TPSA) is 62.3 Å². The Morgan fingerprint density at radius 1 is 0.909 bits per heavy atom. The van der Waals surface area contributed by atoms with E-state index in [-0.39, 0.29) is 12.1 Å². The van der Waals surface area contributed by atoms with Crippen molar-refractivity contribution in [3.05, 3.63) is 65.2 Å². The molecule has 176 valence electrons. The third kappa shape index (κ3) is 6.26. The summed E-state index contributed by atoms with van der Waals surface area (Å²) in [6, 6.07) is 16.4. The first-order valence-electron chi connectivity index (χ1n) is 11.8. The van der Waals surface area contributed by atoms with Gasteiger partial charge in [0.15, 0.2) is 0 Å². The van der Waals surface area contributed by atoms with E-state index in [2.05, 4.69) is 28.0 Å². The summed E-state index contributed by atoms with van der Waals surface area (Å²) >= 11 is 0. The summed E-state index contributed by atoms with van der Waals surface area (Å²) < 4.78 is 10.6. The summed E-state index contributed by atoms with van der Waals surface area (Å²) in [6.45, 7) is 8.27. The smallest absolute Gasteiger partial charge is 0.410 e. The second-order valence-electron chi connectivity index (χ2n) is 8.55. The summed E-state index contributed by atoms with van der Waals surface area (Å²) in [4.78, 5) is 30.7. The number of benzene rings is 2.